The van der Waals surface area contributed by atoms with Gasteiger partial charge in [-0.2, -0.15) is 0 Å². The van der Waals surface area contributed by atoms with Gasteiger partial charge in [0.2, 0.25) is 0 Å². The van der Waals surface area contributed by atoms with Crippen LogP contribution in [-0.2, 0) is 6.54 Å². The fourth-order valence-corrected chi connectivity index (χ4v) is 2.85. The zero-order valence-corrected chi connectivity index (χ0v) is 12.8. The van der Waals surface area contributed by atoms with Crippen LogP contribution < -0.4 is 10.6 Å². The molecule has 1 aliphatic carbocycles. The van der Waals surface area contributed by atoms with Crippen molar-refractivity contribution in [2.45, 2.75) is 24.9 Å². The molecule has 1 fully saturated rings. The van der Waals surface area contributed by atoms with Crippen LogP contribution >= 0.6 is 0 Å². The minimum atomic E-state index is -0.258. The molecule has 0 aliphatic heterocycles. The zero-order valence-electron chi connectivity index (χ0n) is 12.8. The second kappa shape index (κ2) is 5.92. The number of nitrogens with zero attached hydrogens (tertiary/aromatic N) is 3. The number of benzene rings is 1. The predicted octanol–water partition coefficient (Wildman–Crippen LogP) is 2.22. The van der Waals surface area contributed by atoms with Gasteiger partial charge in [0.15, 0.2) is 11.5 Å². The maximum atomic E-state index is 13.2. The van der Waals surface area contributed by atoms with E-state index in [2.05, 4.69) is 20.8 Å². The van der Waals surface area contributed by atoms with Crippen LogP contribution in [0.5, 0.6) is 0 Å². The minimum Gasteiger partial charge on any atom is -0.335 e. The molecule has 4 rings (SSSR count). The Kier molecular flexibility index (Phi) is 3.60. The molecule has 122 valence electrons. The molecule has 0 bridgehead atoms. The van der Waals surface area contributed by atoms with Crippen molar-refractivity contribution in [1.82, 2.24) is 25.2 Å². The molecule has 2 heterocycles. The van der Waals surface area contributed by atoms with E-state index < -0.39 is 0 Å². The Morgan fingerprint density at radius 2 is 2.17 bits per heavy atom. The van der Waals surface area contributed by atoms with Gasteiger partial charge in [0, 0.05) is 18.2 Å². The molecule has 24 heavy (non-hydrogen) atoms. The van der Waals surface area contributed by atoms with E-state index in [0.29, 0.717) is 5.82 Å². The van der Waals surface area contributed by atoms with Crippen LogP contribution in [0.2, 0.25) is 0 Å². The molecular formula is C17H16FN5O. The third-order valence-electron chi connectivity index (χ3n) is 4.18. The van der Waals surface area contributed by atoms with Crippen LogP contribution in [0.15, 0.2) is 48.7 Å². The SMILES string of the molecule is O=C(NCc1nnc2ccccn12)N[C@H]1C[C@@H]1c1cccc(F)c1. The third kappa shape index (κ3) is 2.92. The molecule has 0 saturated heterocycles. The van der Waals surface area contributed by atoms with Gasteiger partial charge in [-0.05, 0) is 36.2 Å². The van der Waals surface area contributed by atoms with E-state index >= 15 is 0 Å². The summed E-state index contributed by atoms with van der Waals surface area (Å²) in [5, 5.41) is 13.8. The highest BCUT2D eigenvalue weighted by Gasteiger charge is 2.39. The van der Waals surface area contributed by atoms with Gasteiger partial charge in [-0.1, -0.05) is 18.2 Å². The molecule has 2 aromatic heterocycles. The Balaban J connectivity index is 1.32. The smallest absolute Gasteiger partial charge is 0.315 e. The van der Waals surface area contributed by atoms with E-state index in [1.54, 1.807) is 6.07 Å². The lowest BCUT2D eigenvalue weighted by atomic mass is 10.1. The first kappa shape index (κ1) is 14.6. The molecule has 3 aromatic rings. The number of pyridine rings is 1. The third-order valence-corrected chi connectivity index (χ3v) is 4.18. The molecule has 1 aromatic carbocycles. The van der Waals surface area contributed by atoms with Crippen molar-refractivity contribution in [3.63, 3.8) is 0 Å². The summed E-state index contributed by atoms with van der Waals surface area (Å²) < 4.78 is 15.1. The lowest BCUT2D eigenvalue weighted by Crippen LogP contribution is -2.37. The van der Waals surface area contributed by atoms with Gasteiger partial charge in [-0.3, -0.25) is 4.40 Å². The van der Waals surface area contributed by atoms with Gasteiger partial charge < -0.3 is 10.6 Å². The Morgan fingerprint density at radius 3 is 3.04 bits per heavy atom. The van der Waals surface area contributed by atoms with Crippen molar-refractivity contribution in [1.29, 1.82) is 0 Å². The van der Waals surface area contributed by atoms with Gasteiger partial charge in [0.25, 0.3) is 0 Å². The Hall–Kier alpha value is -2.96. The number of hydrogen-bond donors (Lipinski definition) is 2. The molecule has 0 spiro atoms. The van der Waals surface area contributed by atoms with E-state index in [1.807, 2.05) is 34.9 Å². The molecule has 1 saturated carbocycles. The fraction of sp³-hybridized carbons (Fsp3) is 0.235. The standard InChI is InChI=1S/C17H16FN5O/c18-12-5-3-4-11(8-12)13-9-14(13)20-17(24)19-10-16-22-21-15-6-1-2-7-23(15)16/h1-8,13-14H,9-10H2,(H2,19,20,24)/t13-,14+/m1/s1. The maximum absolute atomic E-state index is 13.2. The number of amides is 2. The Morgan fingerprint density at radius 1 is 1.25 bits per heavy atom. The van der Waals surface area contributed by atoms with Crippen molar-refractivity contribution >= 4 is 11.7 Å². The van der Waals surface area contributed by atoms with E-state index in [4.69, 9.17) is 0 Å². The molecule has 0 unspecified atom stereocenters. The molecule has 2 atom stereocenters. The van der Waals surface area contributed by atoms with E-state index in [0.717, 1.165) is 17.6 Å². The highest BCUT2D eigenvalue weighted by Crippen LogP contribution is 2.40. The summed E-state index contributed by atoms with van der Waals surface area (Å²) >= 11 is 0. The number of halogens is 1. The van der Waals surface area contributed by atoms with Crippen LogP contribution in [0.25, 0.3) is 5.65 Å². The number of rotatable bonds is 4. The number of carbonyl (C=O) groups excluding carboxylic acids is 1. The molecule has 2 amide bonds. The average molecular weight is 325 g/mol. The van der Waals surface area contributed by atoms with Crippen LogP contribution in [-0.4, -0.2) is 26.7 Å². The second-order valence-corrected chi connectivity index (χ2v) is 5.88. The summed E-state index contributed by atoms with van der Waals surface area (Å²) in [6.07, 6.45) is 2.68. The molecule has 1 aliphatic rings. The van der Waals surface area contributed by atoms with Gasteiger partial charge in [0.05, 0.1) is 6.54 Å². The maximum Gasteiger partial charge on any atom is 0.315 e. The number of aromatic nitrogens is 3. The van der Waals surface area contributed by atoms with Crippen molar-refractivity contribution in [3.05, 3.63) is 65.9 Å². The van der Waals surface area contributed by atoms with Crippen molar-refractivity contribution < 1.29 is 9.18 Å². The van der Waals surface area contributed by atoms with Crippen molar-refractivity contribution in [2.75, 3.05) is 0 Å². The minimum absolute atomic E-state index is 0.0435. The predicted molar refractivity (Wildman–Crippen MR) is 85.9 cm³/mol. The first-order valence-electron chi connectivity index (χ1n) is 7.79. The molecule has 2 N–H and O–H groups in total. The van der Waals surface area contributed by atoms with Crippen LogP contribution in [0.1, 0.15) is 23.7 Å². The largest absolute Gasteiger partial charge is 0.335 e. The first-order chi connectivity index (χ1) is 11.7. The second-order valence-electron chi connectivity index (χ2n) is 5.88. The highest BCUT2D eigenvalue weighted by molar-refractivity contribution is 5.74. The van der Waals surface area contributed by atoms with Gasteiger partial charge >= 0.3 is 6.03 Å². The van der Waals surface area contributed by atoms with Gasteiger partial charge in [-0.15, -0.1) is 10.2 Å². The van der Waals surface area contributed by atoms with Crippen molar-refractivity contribution in [2.24, 2.45) is 0 Å². The molecule has 6 nitrogen and oxygen atoms in total. The summed E-state index contributed by atoms with van der Waals surface area (Å²) in [6, 6.07) is 11.9. The highest BCUT2D eigenvalue weighted by atomic mass is 19.1. The van der Waals surface area contributed by atoms with Gasteiger partial charge in [-0.25, -0.2) is 9.18 Å². The van der Waals surface area contributed by atoms with E-state index in [1.165, 1.54) is 12.1 Å². The number of nitrogens with one attached hydrogen (secondary N) is 2. The zero-order chi connectivity index (χ0) is 16.5. The molecule has 0 radical (unpaired) electrons. The fourth-order valence-electron chi connectivity index (χ4n) is 2.85. The number of carbonyl (C=O) groups is 1. The number of fused-ring (bicyclic) bond motifs is 1. The molecule has 7 heteroatoms. The quantitative estimate of drug-likeness (QED) is 0.773. The van der Waals surface area contributed by atoms with Gasteiger partial charge in [0.1, 0.15) is 5.82 Å². The van der Waals surface area contributed by atoms with Crippen LogP contribution in [0, 0.1) is 5.82 Å². The summed E-state index contributed by atoms with van der Waals surface area (Å²) in [6.45, 7) is 0.286. The van der Waals surface area contributed by atoms with E-state index in [-0.39, 0.29) is 30.4 Å². The van der Waals surface area contributed by atoms with Crippen LogP contribution in [0.3, 0.4) is 0 Å². The van der Waals surface area contributed by atoms with Crippen molar-refractivity contribution in [3.8, 4) is 0 Å². The Labute approximate surface area is 137 Å². The lowest BCUT2D eigenvalue weighted by molar-refractivity contribution is 0.239. The Bertz CT molecular complexity index is 893. The lowest BCUT2D eigenvalue weighted by Gasteiger charge is -2.07. The van der Waals surface area contributed by atoms with Crippen LogP contribution in [0.4, 0.5) is 9.18 Å². The summed E-state index contributed by atoms with van der Waals surface area (Å²) in [5.41, 5.74) is 1.66. The first-order valence-corrected chi connectivity index (χ1v) is 7.79. The normalized spacial score (nSPS) is 19.2. The molecular weight excluding hydrogens is 309 g/mol. The topological polar surface area (TPSA) is 71.3 Å². The monoisotopic (exact) mass is 325 g/mol. The van der Waals surface area contributed by atoms with E-state index in [9.17, 15) is 9.18 Å². The summed E-state index contributed by atoms with van der Waals surface area (Å²) in [5.74, 6) is 0.597. The summed E-state index contributed by atoms with van der Waals surface area (Å²) in [7, 11) is 0. The number of urea groups is 1. The average Bonchev–Trinajstić information content (AvgIpc) is 3.22. The number of hydrogen-bond acceptors (Lipinski definition) is 3. The summed E-state index contributed by atoms with van der Waals surface area (Å²) in [4.78, 5) is 12.0.